The molecule has 2 aliphatic carbocycles. The molecule has 156 valence electrons. The molecule has 27 heavy (non-hydrogen) atoms. The van der Waals surface area contributed by atoms with Gasteiger partial charge in [0.1, 0.15) is 0 Å². The highest BCUT2D eigenvalue weighted by Gasteiger charge is 2.45. The van der Waals surface area contributed by atoms with Gasteiger partial charge in [-0.25, -0.2) is 0 Å². The van der Waals surface area contributed by atoms with Crippen molar-refractivity contribution >= 4 is 5.97 Å². The number of fused-ring (bicyclic) bond motifs is 1. The van der Waals surface area contributed by atoms with Gasteiger partial charge in [0, 0.05) is 6.04 Å². The SMILES string of the molecule is CCCCC1CCC2NC(N(C)CC(=O)O)CC(C3CCCC(O)C3)C2C1. The van der Waals surface area contributed by atoms with Crippen molar-refractivity contribution in [2.45, 2.75) is 95.9 Å². The van der Waals surface area contributed by atoms with Gasteiger partial charge in [0.05, 0.1) is 18.8 Å². The number of hydrogen-bond donors (Lipinski definition) is 3. The predicted molar refractivity (Wildman–Crippen MR) is 107 cm³/mol. The molecule has 0 aromatic rings. The van der Waals surface area contributed by atoms with E-state index in [0.29, 0.717) is 23.8 Å². The fraction of sp³-hybridized carbons (Fsp3) is 0.955. The summed E-state index contributed by atoms with van der Waals surface area (Å²) in [5, 5.41) is 23.3. The zero-order chi connectivity index (χ0) is 19.4. The van der Waals surface area contributed by atoms with Gasteiger partial charge < -0.3 is 10.2 Å². The van der Waals surface area contributed by atoms with Crippen molar-refractivity contribution in [1.29, 1.82) is 0 Å². The monoisotopic (exact) mass is 380 g/mol. The number of likely N-dealkylation sites (N-methyl/N-ethyl adjacent to an activating group) is 1. The summed E-state index contributed by atoms with van der Waals surface area (Å²) < 4.78 is 0. The Hall–Kier alpha value is -0.650. The van der Waals surface area contributed by atoms with Gasteiger partial charge in [-0.2, -0.15) is 0 Å². The molecule has 3 N–H and O–H groups in total. The standard InChI is InChI=1S/C22H40N2O3/c1-3-4-6-15-9-10-20-19(11-15)18(16-7-5-8-17(25)12-16)13-21(23-20)24(2)14-22(26)27/h15-21,23,25H,3-14H2,1-2H3,(H,26,27). The van der Waals surface area contributed by atoms with E-state index in [2.05, 4.69) is 12.2 Å². The minimum absolute atomic E-state index is 0.0915. The van der Waals surface area contributed by atoms with Crippen molar-refractivity contribution in [3.8, 4) is 0 Å². The van der Waals surface area contributed by atoms with Crippen molar-refractivity contribution < 1.29 is 15.0 Å². The third-order valence-electron chi connectivity index (χ3n) is 7.64. The van der Waals surface area contributed by atoms with E-state index in [4.69, 9.17) is 0 Å². The molecule has 3 rings (SSSR count). The van der Waals surface area contributed by atoms with Gasteiger partial charge in [-0.3, -0.25) is 15.0 Å². The average molecular weight is 381 g/mol. The van der Waals surface area contributed by atoms with E-state index in [1.807, 2.05) is 11.9 Å². The molecule has 5 nitrogen and oxygen atoms in total. The minimum atomic E-state index is -0.755. The molecular weight excluding hydrogens is 340 g/mol. The van der Waals surface area contributed by atoms with E-state index in [0.717, 1.165) is 31.6 Å². The first kappa shape index (κ1) is 21.1. The molecule has 0 amide bonds. The van der Waals surface area contributed by atoms with Crippen LogP contribution in [0.4, 0.5) is 0 Å². The number of rotatable bonds is 7. The Morgan fingerprint density at radius 3 is 2.63 bits per heavy atom. The molecular formula is C22H40N2O3. The molecule has 7 atom stereocenters. The largest absolute Gasteiger partial charge is 0.480 e. The van der Waals surface area contributed by atoms with Crippen molar-refractivity contribution in [1.82, 2.24) is 10.2 Å². The number of carbonyl (C=O) groups is 1. The lowest BCUT2D eigenvalue weighted by Gasteiger charge is -2.52. The highest BCUT2D eigenvalue weighted by Crippen LogP contribution is 2.47. The van der Waals surface area contributed by atoms with Crippen molar-refractivity contribution in [3.63, 3.8) is 0 Å². The van der Waals surface area contributed by atoms with Crippen molar-refractivity contribution in [2.24, 2.45) is 23.7 Å². The molecule has 1 heterocycles. The zero-order valence-electron chi connectivity index (χ0n) is 17.3. The first-order valence-corrected chi connectivity index (χ1v) is 11.3. The Kier molecular flexibility index (Phi) is 7.57. The minimum Gasteiger partial charge on any atom is -0.480 e. The summed E-state index contributed by atoms with van der Waals surface area (Å²) in [5.41, 5.74) is 0. The lowest BCUT2D eigenvalue weighted by molar-refractivity contribution is -0.139. The third-order valence-corrected chi connectivity index (χ3v) is 7.64. The van der Waals surface area contributed by atoms with Crippen LogP contribution in [0.1, 0.15) is 77.6 Å². The van der Waals surface area contributed by atoms with Crippen LogP contribution < -0.4 is 5.32 Å². The average Bonchev–Trinajstić information content (AvgIpc) is 2.64. The van der Waals surface area contributed by atoms with Gasteiger partial charge in [0.15, 0.2) is 0 Å². The summed E-state index contributed by atoms with van der Waals surface area (Å²) in [6, 6.07) is 0.516. The van der Waals surface area contributed by atoms with Crippen LogP contribution in [-0.2, 0) is 4.79 Å². The Bertz CT molecular complexity index is 486. The highest BCUT2D eigenvalue weighted by atomic mass is 16.4. The van der Waals surface area contributed by atoms with Gasteiger partial charge in [-0.1, -0.05) is 32.6 Å². The maximum absolute atomic E-state index is 11.2. The number of carboxylic acids is 1. The molecule has 0 radical (unpaired) electrons. The van der Waals surface area contributed by atoms with Gasteiger partial charge in [0.2, 0.25) is 0 Å². The number of piperidine rings is 1. The van der Waals surface area contributed by atoms with Crippen LogP contribution in [0, 0.1) is 23.7 Å². The number of aliphatic carboxylic acids is 1. The maximum Gasteiger partial charge on any atom is 0.317 e. The van der Waals surface area contributed by atoms with Crippen LogP contribution in [-0.4, -0.2) is 53.0 Å². The number of nitrogens with zero attached hydrogens (tertiary/aromatic N) is 1. The fourth-order valence-corrected chi connectivity index (χ4v) is 6.24. The normalized spacial score (nSPS) is 39.9. The number of nitrogens with one attached hydrogen (secondary N) is 1. The second-order valence-corrected chi connectivity index (χ2v) is 9.56. The second-order valence-electron chi connectivity index (χ2n) is 9.56. The first-order valence-electron chi connectivity index (χ1n) is 11.3. The predicted octanol–water partition coefficient (Wildman–Crippen LogP) is 3.46. The number of unbranched alkanes of at least 4 members (excludes halogenated alkanes) is 1. The van der Waals surface area contributed by atoms with Gasteiger partial charge in [0.25, 0.3) is 0 Å². The van der Waals surface area contributed by atoms with Crippen molar-refractivity contribution in [2.75, 3.05) is 13.6 Å². The van der Waals surface area contributed by atoms with E-state index < -0.39 is 5.97 Å². The molecule has 0 spiro atoms. The molecule has 5 heteroatoms. The summed E-state index contributed by atoms with van der Waals surface area (Å²) in [7, 11) is 1.94. The van der Waals surface area contributed by atoms with Crippen LogP contribution in [0.25, 0.3) is 0 Å². The molecule has 0 aromatic heterocycles. The van der Waals surface area contributed by atoms with E-state index in [1.54, 1.807) is 0 Å². The number of hydrogen-bond acceptors (Lipinski definition) is 4. The van der Waals surface area contributed by atoms with E-state index in [-0.39, 0.29) is 18.8 Å². The Morgan fingerprint density at radius 2 is 1.93 bits per heavy atom. The molecule has 2 saturated carbocycles. The summed E-state index contributed by atoms with van der Waals surface area (Å²) in [5.74, 6) is 2.03. The summed E-state index contributed by atoms with van der Waals surface area (Å²) >= 11 is 0. The molecule has 3 fully saturated rings. The van der Waals surface area contributed by atoms with Crippen LogP contribution in [0.15, 0.2) is 0 Å². The number of carboxylic acid groups (broad SMARTS) is 1. The number of aliphatic hydroxyl groups excluding tert-OH is 1. The summed E-state index contributed by atoms with van der Waals surface area (Å²) in [4.78, 5) is 13.2. The lowest BCUT2D eigenvalue weighted by atomic mass is 9.62. The second kappa shape index (κ2) is 9.71. The van der Waals surface area contributed by atoms with E-state index >= 15 is 0 Å². The molecule has 1 aliphatic heterocycles. The first-order chi connectivity index (χ1) is 13.0. The van der Waals surface area contributed by atoms with E-state index in [1.165, 1.54) is 44.9 Å². The fourth-order valence-electron chi connectivity index (χ4n) is 6.24. The van der Waals surface area contributed by atoms with Gasteiger partial charge in [-0.05, 0) is 75.7 Å². The molecule has 0 bridgehead atoms. The lowest BCUT2D eigenvalue weighted by Crippen LogP contribution is -2.60. The molecule has 7 unspecified atom stereocenters. The van der Waals surface area contributed by atoms with Crippen LogP contribution in [0.3, 0.4) is 0 Å². The smallest absolute Gasteiger partial charge is 0.317 e. The molecule has 3 aliphatic rings. The van der Waals surface area contributed by atoms with Crippen LogP contribution in [0.5, 0.6) is 0 Å². The van der Waals surface area contributed by atoms with Crippen LogP contribution >= 0.6 is 0 Å². The topological polar surface area (TPSA) is 72.8 Å². The van der Waals surface area contributed by atoms with E-state index in [9.17, 15) is 15.0 Å². The molecule has 1 saturated heterocycles. The quantitative estimate of drug-likeness (QED) is 0.631. The van der Waals surface area contributed by atoms with Gasteiger partial charge in [-0.15, -0.1) is 0 Å². The molecule has 0 aromatic carbocycles. The van der Waals surface area contributed by atoms with Gasteiger partial charge >= 0.3 is 5.97 Å². The Labute approximate surface area is 164 Å². The summed E-state index contributed by atoms with van der Waals surface area (Å²) in [6.45, 7) is 2.37. The van der Waals surface area contributed by atoms with Crippen LogP contribution in [0.2, 0.25) is 0 Å². The highest BCUT2D eigenvalue weighted by molar-refractivity contribution is 5.69. The third kappa shape index (κ3) is 5.45. The Balaban J connectivity index is 1.72. The summed E-state index contributed by atoms with van der Waals surface area (Å²) in [6.07, 6.45) is 13.2. The number of aliphatic hydroxyl groups is 1. The maximum atomic E-state index is 11.2. The van der Waals surface area contributed by atoms with Crippen molar-refractivity contribution in [3.05, 3.63) is 0 Å². The Morgan fingerprint density at radius 1 is 1.11 bits per heavy atom. The zero-order valence-corrected chi connectivity index (χ0v) is 17.3.